The summed E-state index contributed by atoms with van der Waals surface area (Å²) in [6.07, 6.45) is 0.292. The van der Waals surface area contributed by atoms with E-state index >= 15 is 0 Å². The molecule has 1 N–H and O–H groups in total. The van der Waals surface area contributed by atoms with Gasteiger partial charge in [-0.15, -0.1) is 0 Å². The molecule has 112 valence electrons. The molecule has 0 aromatic heterocycles. The van der Waals surface area contributed by atoms with Crippen LogP contribution >= 0.6 is 23.4 Å². The van der Waals surface area contributed by atoms with E-state index in [2.05, 4.69) is 5.32 Å². The summed E-state index contributed by atoms with van der Waals surface area (Å²) in [6, 6.07) is 4.84. The van der Waals surface area contributed by atoms with Gasteiger partial charge in [0.1, 0.15) is 0 Å². The SMILES string of the molecule is CNC(=O)c1cc(Cl)ccc1N1CC(SC(C)=O)CC1=O. The number of hydrogen-bond donors (Lipinski definition) is 1. The van der Waals surface area contributed by atoms with Crippen LogP contribution in [0.1, 0.15) is 23.7 Å². The molecule has 1 aliphatic rings. The molecule has 1 fully saturated rings. The summed E-state index contributed by atoms with van der Waals surface area (Å²) in [5.41, 5.74) is 0.877. The van der Waals surface area contributed by atoms with Crippen molar-refractivity contribution in [2.75, 3.05) is 18.5 Å². The second kappa shape index (κ2) is 6.49. The number of carbonyl (C=O) groups is 3. The summed E-state index contributed by atoms with van der Waals surface area (Å²) in [6.45, 7) is 1.89. The van der Waals surface area contributed by atoms with E-state index in [-0.39, 0.29) is 22.2 Å². The minimum Gasteiger partial charge on any atom is -0.355 e. The number of carbonyl (C=O) groups excluding carboxylic acids is 3. The van der Waals surface area contributed by atoms with E-state index in [1.54, 1.807) is 17.0 Å². The summed E-state index contributed by atoms with van der Waals surface area (Å²) >= 11 is 7.09. The molecular weight excluding hydrogens is 312 g/mol. The van der Waals surface area contributed by atoms with Gasteiger partial charge in [-0.1, -0.05) is 23.4 Å². The maximum Gasteiger partial charge on any atom is 0.253 e. The topological polar surface area (TPSA) is 66.5 Å². The van der Waals surface area contributed by atoms with Gasteiger partial charge < -0.3 is 10.2 Å². The van der Waals surface area contributed by atoms with Gasteiger partial charge in [-0.3, -0.25) is 14.4 Å². The zero-order valence-electron chi connectivity index (χ0n) is 11.7. The van der Waals surface area contributed by atoms with E-state index in [9.17, 15) is 14.4 Å². The average molecular weight is 327 g/mol. The Morgan fingerprint density at radius 1 is 1.43 bits per heavy atom. The predicted molar refractivity (Wildman–Crippen MR) is 83.9 cm³/mol. The Morgan fingerprint density at radius 2 is 2.14 bits per heavy atom. The van der Waals surface area contributed by atoms with Gasteiger partial charge in [0.15, 0.2) is 5.12 Å². The molecule has 7 heteroatoms. The number of thioether (sulfide) groups is 1. The Kier molecular flexibility index (Phi) is 4.90. The van der Waals surface area contributed by atoms with Crippen molar-refractivity contribution in [3.8, 4) is 0 Å². The Hall–Kier alpha value is -1.53. The number of nitrogens with zero attached hydrogens (tertiary/aromatic N) is 1. The number of halogens is 1. The minimum absolute atomic E-state index is 0.0164. The van der Waals surface area contributed by atoms with Crippen molar-refractivity contribution in [2.24, 2.45) is 0 Å². The molecule has 1 atom stereocenters. The van der Waals surface area contributed by atoms with E-state index in [1.165, 1.54) is 20.0 Å². The first-order valence-corrected chi connectivity index (χ1v) is 7.67. The molecule has 2 rings (SSSR count). The molecule has 1 aliphatic heterocycles. The predicted octanol–water partition coefficient (Wildman–Crippen LogP) is 2.08. The van der Waals surface area contributed by atoms with Gasteiger partial charge in [-0.25, -0.2) is 0 Å². The smallest absolute Gasteiger partial charge is 0.253 e. The highest BCUT2D eigenvalue weighted by atomic mass is 35.5. The monoisotopic (exact) mass is 326 g/mol. The number of anilines is 1. The van der Waals surface area contributed by atoms with Crippen molar-refractivity contribution in [1.82, 2.24) is 5.32 Å². The van der Waals surface area contributed by atoms with Crippen LogP contribution in [-0.2, 0) is 9.59 Å². The fourth-order valence-corrected chi connectivity index (χ4v) is 3.37. The van der Waals surface area contributed by atoms with Crippen molar-refractivity contribution in [3.63, 3.8) is 0 Å². The zero-order chi connectivity index (χ0) is 15.6. The molecule has 0 spiro atoms. The largest absolute Gasteiger partial charge is 0.355 e. The third kappa shape index (κ3) is 3.57. The van der Waals surface area contributed by atoms with Gasteiger partial charge in [0.05, 0.1) is 11.3 Å². The van der Waals surface area contributed by atoms with Crippen molar-refractivity contribution >= 4 is 46.0 Å². The van der Waals surface area contributed by atoms with Crippen LogP contribution < -0.4 is 10.2 Å². The summed E-state index contributed by atoms with van der Waals surface area (Å²) in [5, 5.41) is 2.87. The summed E-state index contributed by atoms with van der Waals surface area (Å²) in [4.78, 5) is 36.8. The van der Waals surface area contributed by atoms with Crippen LogP contribution in [0, 0.1) is 0 Å². The van der Waals surface area contributed by atoms with Crippen LogP contribution in [0.2, 0.25) is 5.02 Å². The number of rotatable bonds is 3. The number of hydrogen-bond acceptors (Lipinski definition) is 4. The molecule has 1 heterocycles. The van der Waals surface area contributed by atoms with E-state index in [0.29, 0.717) is 29.2 Å². The molecule has 1 unspecified atom stereocenters. The summed E-state index contributed by atoms with van der Waals surface area (Å²) in [7, 11) is 1.52. The van der Waals surface area contributed by atoms with Crippen LogP contribution in [0.5, 0.6) is 0 Å². The van der Waals surface area contributed by atoms with Crippen LogP contribution in [0.3, 0.4) is 0 Å². The van der Waals surface area contributed by atoms with Crippen LogP contribution in [0.4, 0.5) is 5.69 Å². The molecule has 1 aromatic rings. The highest BCUT2D eigenvalue weighted by Crippen LogP contribution is 2.32. The number of amides is 2. The van der Waals surface area contributed by atoms with Crippen molar-refractivity contribution < 1.29 is 14.4 Å². The molecule has 0 bridgehead atoms. The lowest BCUT2D eigenvalue weighted by molar-refractivity contribution is -0.117. The van der Waals surface area contributed by atoms with E-state index < -0.39 is 0 Å². The molecule has 0 aliphatic carbocycles. The van der Waals surface area contributed by atoms with Crippen molar-refractivity contribution in [2.45, 2.75) is 18.6 Å². The first-order valence-electron chi connectivity index (χ1n) is 6.41. The molecule has 0 radical (unpaired) electrons. The molecule has 2 amide bonds. The average Bonchev–Trinajstić information content (AvgIpc) is 2.77. The number of nitrogens with one attached hydrogen (secondary N) is 1. The molecule has 0 saturated carbocycles. The summed E-state index contributed by atoms with van der Waals surface area (Å²) in [5.74, 6) is -0.399. The van der Waals surface area contributed by atoms with Gasteiger partial charge in [-0.05, 0) is 18.2 Å². The second-order valence-corrected chi connectivity index (χ2v) is 6.59. The zero-order valence-corrected chi connectivity index (χ0v) is 13.3. The third-order valence-electron chi connectivity index (χ3n) is 3.14. The number of benzene rings is 1. The molecule has 1 aromatic carbocycles. The normalized spacial score (nSPS) is 18.0. The molecular formula is C14H15ClN2O3S. The van der Waals surface area contributed by atoms with Crippen LogP contribution in [-0.4, -0.2) is 35.8 Å². The maximum absolute atomic E-state index is 12.2. The molecule has 5 nitrogen and oxygen atoms in total. The van der Waals surface area contributed by atoms with Gasteiger partial charge >= 0.3 is 0 Å². The lowest BCUT2D eigenvalue weighted by Crippen LogP contribution is -2.29. The quantitative estimate of drug-likeness (QED) is 0.923. The minimum atomic E-state index is -0.303. The van der Waals surface area contributed by atoms with E-state index in [4.69, 9.17) is 11.6 Å². The van der Waals surface area contributed by atoms with Gasteiger partial charge in [0.25, 0.3) is 5.91 Å². The van der Waals surface area contributed by atoms with Crippen LogP contribution in [0.15, 0.2) is 18.2 Å². The highest BCUT2D eigenvalue weighted by molar-refractivity contribution is 8.14. The van der Waals surface area contributed by atoms with E-state index in [1.807, 2.05) is 0 Å². The second-order valence-electron chi connectivity index (χ2n) is 4.68. The Morgan fingerprint density at radius 3 is 2.76 bits per heavy atom. The van der Waals surface area contributed by atoms with Gasteiger partial charge in [-0.2, -0.15) is 0 Å². The first kappa shape index (κ1) is 15.9. The third-order valence-corrected chi connectivity index (χ3v) is 4.36. The fourth-order valence-electron chi connectivity index (χ4n) is 2.28. The molecule has 21 heavy (non-hydrogen) atoms. The van der Waals surface area contributed by atoms with E-state index in [0.717, 1.165) is 11.8 Å². The van der Waals surface area contributed by atoms with Crippen molar-refractivity contribution in [3.05, 3.63) is 28.8 Å². The van der Waals surface area contributed by atoms with Crippen LogP contribution in [0.25, 0.3) is 0 Å². The maximum atomic E-state index is 12.2. The van der Waals surface area contributed by atoms with Gasteiger partial charge in [0, 0.05) is 37.2 Å². The fraction of sp³-hybridized carbons (Fsp3) is 0.357. The first-order chi connectivity index (χ1) is 9.92. The highest BCUT2D eigenvalue weighted by Gasteiger charge is 2.33. The summed E-state index contributed by atoms with van der Waals surface area (Å²) < 4.78 is 0. The lowest BCUT2D eigenvalue weighted by atomic mass is 10.1. The van der Waals surface area contributed by atoms with Crippen molar-refractivity contribution in [1.29, 1.82) is 0 Å². The Balaban J connectivity index is 2.31. The van der Waals surface area contributed by atoms with Gasteiger partial charge in [0.2, 0.25) is 5.91 Å². The Labute approximate surface area is 132 Å². The molecule has 1 saturated heterocycles. The Bertz CT molecular complexity index is 606. The lowest BCUT2D eigenvalue weighted by Gasteiger charge is -2.20. The standard InChI is InChI=1S/C14H15ClN2O3S/c1-8(18)21-10-6-13(19)17(7-10)12-4-3-9(15)5-11(12)14(20)16-2/h3-5,10H,6-7H2,1-2H3,(H,16,20).